The van der Waals surface area contributed by atoms with Gasteiger partial charge in [0, 0.05) is 9.81 Å². The molecule has 0 radical (unpaired) electrons. The Hall–Kier alpha value is -4.19. The molecule has 2 aromatic carbocycles. The first-order chi connectivity index (χ1) is 19.0. The zero-order valence-electron chi connectivity index (χ0n) is 21.5. The highest BCUT2D eigenvalue weighted by molar-refractivity contribution is 7.96. The van der Waals surface area contributed by atoms with Crippen molar-refractivity contribution in [2.45, 2.75) is 36.0 Å². The Morgan fingerprint density at radius 3 is 1.48 bits per heavy atom. The van der Waals surface area contributed by atoms with Crippen molar-refractivity contribution in [2.75, 3.05) is 7.11 Å². The molecule has 0 spiro atoms. The number of allylic oxidation sites excluding steroid dienone is 2. The van der Waals surface area contributed by atoms with Gasteiger partial charge in [0.2, 0.25) is 19.7 Å². The third-order valence-electron chi connectivity index (χ3n) is 5.92. The number of rotatable bonds is 2. The number of halogens is 6. The number of amides is 1. The van der Waals surface area contributed by atoms with Crippen LogP contribution >= 0.6 is 0 Å². The van der Waals surface area contributed by atoms with Gasteiger partial charge in [-0.05, 0) is 61.4 Å². The molecule has 0 aromatic heterocycles. The molecule has 0 aliphatic carbocycles. The van der Waals surface area contributed by atoms with Gasteiger partial charge in [-0.2, -0.15) is 31.3 Å². The summed E-state index contributed by atoms with van der Waals surface area (Å²) in [4.78, 5) is 25.4. The molecule has 4 rings (SSSR count). The summed E-state index contributed by atoms with van der Waals surface area (Å²) >= 11 is 0. The number of aliphatic imine (C=N–C) groups is 1. The minimum Gasteiger partial charge on any atom is -0.465 e. The molecule has 2 aliphatic rings. The number of methoxy groups -OCH3 is 1. The van der Waals surface area contributed by atoms with E-state index in [-0.39, 0.29) is 30.7 Å². The summed E-state index contributed by atoms with van der Waals surface area (Å²) < 4.78 is 130. The average molecular weight is 640 g/mol. The quantitative estimate of drug-likeness (QED) is 0.214. The number of nitrogens with zero attached hydrogens (tertiary/aromatic N) is 1. The highest BCUT2D eigenvalue weighted by Gasteiger charge is 2.40. The summed E-state index contributed by atoms with van der Waals surface area (Å²) in [6, 6.07) is 2.61. The fraction of sp³-hybridized carbons (Fsp3) is 0.208. The maximum atomic E-state index is 13.1. The number of ether oxygens (including phenoxy) is 1. The first kappa shape index (κ1) is 32.3. The smallest absolute Gasteiger partial charge is 0.417 e. The van der Waals surface area contributed by atoms with Crippen molar-refractivity contribution in [1.82, 2.24) is 0 Å². The van der Waals surface area contributed by atoms with Crippen LogP contribution in [0.1, 0.15) is 56.8 Å². The maximum Gasteiger partial charge on any atom is 0.417 e. The minimum atomic E-state index is -4.87. The van der Waals surface area contributed by atoms with E-state index in [2.05, 4.69) is 9.73 Å². The Bertz CT molecular complexity index is 1840. The largest absolute Gasteiger partial charge is 0.465 e. The summed E-state index contributed by atoms with van der Waals surface area (Å²) in [5.41, 5.74) is 5.48. The maximum absolute atomic E-state index is 13.1. The second-order valence-corrected chi connectivity index (χ2v) is 12.9. The Kier molecular flexibility index (Phi) is 8.14. The highest BCUT2D eigenvalue weighted by atomic mass is 32.2. The second kappa shape index (κ2) is 10.6. The molecule has 226 valence electrons. The van der Waals surface area contributed by atoms with Crippen LogP contribution in [0.25, 0.3) is 12.2 Å². The molecule has 42 heavy (non-hydrogen) atoms. The van der Waals surface area contributed by atoms with Crippen LogP contribution in [0.15, 0.2) is 48.9 Å². The van der Waals surface area contributed by atoms with Crippen LogP contribution in [0.5, 0.6) is 0 Å². The highest BCUT2D eigenvalue weighted by Crippen LogP contribution is 2.41. The molecule has 2 aliphatic heterocycles. The van der Waals surface area contributed by atoms with Crippen molar-refractivity contribution in [2.24, 2.45) is 16.5 Å². The van der Waals surface area contributed by atoms with Gasteiger partial charge in [0.25, 0.3) is 5.91 Å². The molecule has 0 saturated carbocycles. The molecular formula is C24H19F6N3O7S2. The van der Waals surface area contributed by atoms with E-state index in [1.165, 1.54) is 13.8 Å². The summed E-state index contributed by atoms with van der Waals surface area (Å²) in [7, 11) is -6.80. The Balaban J connectivity index is 0.000000231. The predicted octanol–water partition coefficient (Wildman–Crippen LogP) is 3.91. The van der Waals surface area contributed by atoms with Crippen molar-refractivity contribution in [3.8, 4) is 0 Å². The van der Waals surface area contributed by atoms with Crippen molar-refractivity contribution in [1.29, 1.82) is 0 Å². The lowest BCUT2D eigenvalue weighted by Crippen LogP contribution is -2.25. The van der Waals surface area contributed by atoms with Crippen LogP contribution in [0.2, 0.25) is 0 Å². The lowest BCUT2D eigenvalue weighted by atomic mass is 10.0. The number of guanidine groups is 1. The van der Waals surface area contributed by atoms with E-state index >= 15 is 0 Å². The zero-order chi connectivity index (χ0) is 32.2. The van der Waals surface area contributed by atoms with E-state index in [9.17, 15) is 52.8 Å². The molecule has 0 unspecified atom stereocenters. The molecule has 0 saturated heterocycles. The standard InChI is InChI=1S/C12H10F3N3O3S.C12H9F3O4S/c1-5-2-6-3-8(12(13,14)15)7(10(19)18-11(16)17)4-9(6)22(5,20)21;1-6-3-7-4-9(12(13,14)15)8(11(16)19-2)5-10(7)20(6,17)18/h2-4H,1H3,(H4,16,17,18,19);3-5H,1-2H3. The van der Waals surface area contributed by atoms with Crippen LogP contribution in [-0.2, 0) is 36.8 Å². The normalized spacial score (nSPS) is 16.2. The molecule has 0 atom stereocenters. The molecule has 1 amide bonds. The summed E-state index contributed by atoms with van der Waals surface area (Å²) in [5.74, 6) is -3.33. The molecule has 0 fully saturated rings. The number of fused-ring (bicyclic) bond motifs is 2. The molecular weight excluding hydrogens is 620 g/mol. The number of carbonyl (C=O) groups excluding carboxylic acids is 2. The number of hydrogen-bond acceptors (Lipinski definition) is 7. The van der Waals surface area contributed by atoms with Crippen molar-refractivity contribution >= 4 is 49.7 Å². The fourth-order valence-corrected chi connectivity index (χ4v) is 6.59. The van der Waals surface area contributed by atoms with E-state index in [1.54, 1.807) is 0 Å². The predicted molar refractivity (Wildman–Crippen MR) is 136 cm³/mol. The molecule has 0 bridgehead atoms. The van der Waals surface area contributed by atoms with Crippen molar-refractivity contribution in [3.05, 3.63) is 67.5 Å². The van der Waals surface area contributed by atoms with Crippen LogP contribution in [-0.4, -0.2) is 41.8 Å². The van der Waals surface area contributed by atoms with Gasteiger partial charge in [-0.1, -0.05) is 0 Å². The van der Waals surface area contributed by atoms with Gasteiger partial charge >= 0.3 is 18.3 Å². The molecule has 2 aromatic rings. The van der Waals surface area contributed by atoms with E-state index in [0.29, 0.717) is 24.3 Å². The Morgan fingerprint density at radius 1 is 0.738 bits per heavy atom. The molecule has 10 nitrogen and oxygen atoms in total. The van der Waals surface area contributed by atoms with Gasteiger partial charge in [0.1, 0.15) is 0 Å². The monoisotopic (exact) mass is 639 g/mol. The number of benzene rings is 2. The third-order valence-corrected chi connectivity index (χ3v) is 9.72. The molecule has 18 heteroatoms. The van der Waals surface area contributed by atoms with Crippen molar-refractivity contribution < 1.29 is 57.5 Å². The first-order valence-corrected chi connectivity index (χ1v) is 14.1. The summed E-state index contributed by atoms with van der Waals surface area (Å²) in [6.45, 7) is 2.53. The number of nitrogens with two attached hydrogens (primary N) is 2. The number of sulfone groups is 2. The topological polar surface area (TPSA) is 176 Å². The number of hydrogen-bond donors (Lipinski definition) is 2. The van der Waals surface area contributed by atoms with E-state index in [0.717, 1.165) is 19.3 Å². The summed E-state index contributed by atoms with van der Waals surface area (Å²) in [6.07, 6.45) is -7.41. The summed E-state index contributed by atoms with van der Waals surface area (Å²) in [5, 5.41) is 0. The Morgan fingerprint density at radius 2 is 1.12 bits per heavy atom. The number of alkyl halides is 6. The van der Waals surface area contributed by atoms with Gasteiger partial charge < -0.3 is 16.2 Å². The SMILES string of the molecule is CC1=Cc2cc(C(F)(F)F)c(C(=O)N=C(N)N)cc2S1(=O)=O.COC(=O)c1cc2c(cc1C(F)(F)F)C=C(C)S2(=O)=O. The number of carbonyl (C=O) groups is 2. The van der Waals surface area contributed by atoms with Gasteiger partial charge in [0.05, 0.1) is 39.2 Å². The number of esters is 1. The lowest BCUT2D eigenvalue weighted by molar-refractivity contribution is -0.138. The fourth-order valence-electron chi connectivity index (χ4n) is 3.93. The van der Waals surface area contributed by atoms with Gasteiger partial charge in [-0.25, -0.2) is 21.6 Å². The van der Waals surface area contributed by atoms with E-state index in [1.807, 2.05) is 0 Å². The van der Waals surface area contributed by atoms with Crippen LogP contribution in [0, 0.1) is 0 Å². The minimum absolute atomic E-state index is 0.0670. The third kappa shape index (κ3) is 5.89. The molecule has 4 N–H and O–H groups in total. The van der Waals surface area contributed by atoms with Gasteiger partial charge in [-0.15, -0.1) is 0 Å². The van der Waals surface area contributed by atoms with Gasteiger partial charge in [0.15, 0.2) is 5.96 Å². The zero-order valence-corrected chi connectivity index (χ0v) is 23.1. The lowest BCUT2D eigenvalue weighted by Gasteiger charge is -2.13. The van der Waals surface area contributed by atoms with Gasteiger partial charge in [-0.3, -0.25) is 4.79 Å². The van der Waals surface area contributed by atoms with Crippen LogP contribution in [0.4, 0.5) is 26.3 Å². The second-order valence-electron chi connectivity index (χ2n) is 8.72. The van der Waals surface area contributed by atoms with E-state index < -0.39 is 72.1 Å². The van der Waals surface area contributed by atoms with E-state index in [4.69, 9.17) is 11.5 Å². The van der Waals surface area contributed by atoms with Crippen LogP contribution in [0.3, 0.4) is 0 Å². The van der Waals surface area contributed by atoms with Crippen LogP contribution < -0.4 is 11.5 Å². The first-order valence-electron chi connectivity index (χ1n) is 11.1. The average Bonchev–Trinajstić information content (AvgIpc) is 3.22. The molecule has 2 heterocycles. The Labute approximate surface area is 234 Å². The van der Waals surface area contributed by atoms with Crippen molar-refractivity contribution in [3.63, 3.8) is 0 Å².